The summed E-state index contributed by atoms with van der Waals surface area (Å²) in [4.78, 5) is 8.74. The molecule has 2 heterocycles. The van der Waals surface area contributed by atoms with Crippen LogP contribution >= 0.6 is 23.2 Å². The van der Waals surface area contributed by atoms with Crippen molar-refractivity contribution in [3.8, 4) is 0 Å². The minimum absolute atomic E-state index is 0.241. The highest BCUT2D eigenvalue weighted by molar-refractivity contribution is 6.31. The van der Waals surface area contributed by atoms with Crippen molar-refractivity contribution in [3.63, 3.8) is 0 Å². The third-order valence-corrected chi connectivity index (χ3v) is 4.43. The Morgan fingerprint density at radius 2 is 1.82 bits per heavy atom. The molecule has 0 amide bonds. The molecule has 0 radical (unpaired) electrons. The highest BCUT2D eigenvalue weighted by Crippen LogP contribution is 2.22. The van der Waals surface area contributed by atoms with E-state index in [9.17, 15) is 4.39 Å². The number of halogens is 3. The maximum absolute atomic E-state index is 13.8. The van der Waals surface area contributed by atoms with Gasteiger partial charge in [-0.3, -0.25) is 4.90 Å². The van der Waals surface area contributed by atoms with E-state index in [0.717, 1.165) is 32.0 Å². The maximum atomic E-state index is 13.8. The first-order chi connectivity index (χ1) is 10.6. The van der Waals surface area contributed by atoms with E-state index in [1.807, 2.05) is 12.1 Å². The molecular formula is C16H16Cl2FN3. The normalized spacial score (nSPS) is 16.0. The summed E-state index contributed by atoms with van der Waals surface area (Å²) in [5, 5.41) is 1.12. The van der Waals surface area contributed by atoms with Crippen molar-refractivity contribution in [2.45, 2.75) is 6.54 Å². The summed E-state index contributed by atoms with van der Waals surface area (Å²) in [6.45, 7) is 3.92. The molecule has 3 nitrogen and oxygen atoms in total. The molecule has 0 atom stereocenters. The van der Waals surface area contributed by atoms with Crippen molar-refractivity contribution in [2.75, 3.05) is 31.1 Å². The van der Waals surface area contributed by atoms with E-state index in [1.165, 1.54) is 6.07 Å². The fourth-order valence-corrected chi connectivity index (χ4v) is 2.93. The first kappa shape index (κ1) is 15.5. The van der Waals surface area contributed by atoms with Gasteiger partial charge in [0.2, 0.25) is 0 Å². The Hall–Kier alpha value is -1.36. The van der Waals surface area contributed by atoms with Gasteiger partial charge in [0, 0.05) is 49.5 Å². The number of hydrogen-bond donors (Lipinski definition) is 0. The van der Waals surface area contributed by atoms with Crippen molar-refractivity contribution >= 4 is 29.0 Å². The number of aromatic nitrogens is 1. The lowest BCUT2D eigenvalue weighted by molar-refractivity contribution is 0.246. The first-order valence-electron chi connectivity index (χ1n) is 7.15. The maximum Gasteiger partial charge on any atom is 0.129 e. The highest BCUT2D eigenvalue weighted by atomic mass is 35.5. The van der Waals surface area contributed by atoms with Gasteiger partial charge in [0.1, 0.15) is 11.6 Å². The predicted octanol–water partition coefficient (Wildman–Crippen LogP) is 3.85. The largest absolute Gasteiger partial charge is 0.354 e. The molecule has 116 valence electrons. The SMILES string of the molecule is Fc1cccc(Cl)c1CN1CCN(c2ccc(Cl)cn2)CC1. The number of piperazine rings is 1. The van der Waals surface area contributed by atoms with Crippen LogP contribution in [0.15, 0.2) is 36.5 Å². The van der Waals surface area contributed by atoms with Gasteiger partial charge in [-0.2, -0.15) is 0 Å². The molecule has 6 heteroatoms. The van der Waals surface area contributed by atoms with Crippen LogP contribution in [0.25, 0.3) is 0 Å². The van der Waals surface area contributed by atoms with Gasteiger partial charge in [0.15, 0.2) is 0 Å². The number of nitrogens with zero attached hydrogens (tertiary/aromatic N) is 3. The second kappa shape index (κ2) is 6.82. The fraction of sp³-hybridized carbons (Fsp3) is 0.312. The molecule has 0 N–H and O–H groups in total. The van der Waals surface area contributed by atoms with Crippen molar-refractivity contribution in [1.29, 1.82) is 0 Å². The summed E-state index contributed by atoms with van der Waals surface area (Å²) in [6.07, 6.45) is 1.66. The van der Waals surface area contributed by atoms with Crippen LogP contribution in [0.2, 0.25) is 10.0 Å². The number of pyridine rings is 1. The molecule has 0 saturated carbocycles. The van der Waals surface area contributed by atoms with Crippen LogP contribution in [0.3, 0.4) is 0 Å². The van der Waals surface area contributed by atoms with Crippen LogP contribution in [0.1, 0.15) is 5.56 Å². The lowest BCUT2D eigenvalue weighted by Crippen LogP contribution is -2.46. The zero-order valence-electron chi connectivity index (χ0n) is 12.0. The van der Waals surface area contributed by atoms with Crippen LogP contribution < -0.4 is 4.90 Å². The Kier molecular flexibility index (Phi) is 4.81. The second-order valence-corrected chi connectivity index (χ2v) is 6.14. The molecule has 0 unspecified atom stereocenters. The molecule has 0 aliphatic carbocycles. The monoisotopic (exact) mass is 339 g/mol. The van der Waals surface area contributed by atoms with Crippen molar-refractivity contribution in [2.24, 2.45) is 0 Å². The van der Waals surface area contributed by atoms with E-state index < -0.39 is 0 Å². The van der Waals surface area contributed by atoms with E-state index in [2.05, 4.69) is 14.8 Å². The van der Waals surface area contributed by atoms with Gasteiger partial charge >= 0.3 is 0 Å². The van der Waals surface area contributed by atoms with Crippen LogP contribution in [-0.2, 0) is 6.54 Å². The molecule has 1 saturated heterocycles. The Bertz CT molecular complexity index is 620. The van der Waals surface area contributed by atoms with Crippen LogP contribution in [0, 0.1) is 5.82 Å². The molecule has 1 aliphatic rings. The molecule has 3 rings (SSSR count). The van der Waals surface area contributed by atoms with Gasteiger partial charge < -0.3 is 4.90 Å². The van der Waals surface area contributed by atoms with Gasteiger partial charge in [-0.15, -0.1) is 0 Å². The van der Waals surface area contributed by atoms with Gasteiger partial charge in [0.05, 0.1) is 5.02 Å². The van der Waals surface area contributed by atoms with E-state index in [-0.39, 0.29) is 5.82 Å². The number of anilines is 1. The van der Waals surface area contributed by atoms with Gasteiger partial charge in [-0.05, 0) is 24.3 Å². The van der Waals surface area contributed by atoms with Crippen LogP contribution in [-0.4, -0.2) is 36.1 Å². The molecule has 1 aromatic carbocycles. The molecular weight excluding hydrogens is 324 g/mol. The highest BCUT2D eigenvalue weighted by Gasteiger charge is 2.20. The topological polar surface area (TPSA) is 19.4 Å². The fourth-order valence-electron chi connectivity index (χ4n) is 2.60. The zero-order valence-corrected chi connectivity index (χ0v) is 13.5. The average molecular weight is 340 g/mol. The first-order valence-corrected chi connectivity index (χ1v) is 7.91. The number of hydrogen-bond acceptors (Lipinski definition) is 3. The molecule has 2 aromatic rings. The van der Waals surface area contributed by atoms with Crippen molar-refractivity contribution in [3.05, 3.63) is 58.0 Å². The number of rotatable bonds is 3. The summed E-state index contributed by atoms with van der Waals surface area (Å²) in [7, 11) is 0. The quantitative estimate of drug-likeness (QED) is 0.846. The van der Waals surface area contributed by atoms with Gasteiger partial charge in [-0.1, -0.05) is 29.3 Å². The molecule has 0 spiro atoms. The Labute approximate surface area is 139 Å². The standard InChI is InChI=1S/C16H16Cl2FN3/c17-12-4-5-16(20-10-12)22-8-6-21(7-9-22)11-13-14(18)2-1-3-15(13)19/h1-5,10H,6-9,11H2. The van der Waals surface area contributed by atoms with Gasteiger partial charge in [0.25, 0.3) is 0 Å². The predicted molar refractivity (Wildman–Crippen MR) is 88.1 cm³/mol. The summed E-state index contributed by atoms with van der Waals surface area (Å²) in [5.41, 5.74) is 0.572. The van der Waals surface area contributed by atoms with Crippen LogP contribution in [0.5, 0.6) is 0 Å². The summed E-state index contributed by atoms with van der Waals surface area (Å²) >= 11 is 11.9. The minimum Gasteiger partial charge on any atom is -0.354 e. The summed E-state index contributed by atoms with van der Waals surface area (Å²) in [6, 6.07) is 8.58. The van der Waals surface area contributed by atoms with Crippen molar-refractivity contribution in [1.82, 2.24) is 9.88 Å². The number of benzene rings is 1. The smallest absolute Gasteiger partial charge is 0.129 e. The summed E-state index contributed by atoms with van der Waals surface area (Å²) in [5.74, 6) is 0.683. The molecule has 1 aromatic heterocycles. The lowest BCUT2D eigenvalue weighted by atomic mass is 10.2. The van der Waals surface area contributed by atoms with Crippen molar-refractivity contribution < 1.29 is 4.39 Å². The minimum atomic E-state index is -0.241. The molecule has 22 heavy (non-hydrogen) atoms. The average Bonchev–Trinajstić information content (AvgIpc) is 2.53. The second-order valence-electron chi connectivity index (χ2n) is 5.30. The third kappa shape index (κ3) is 3.51. The van der Waals surface area contributed by atoms with Gasteiger partial charge in [-0.25, -0.2) is 9.37 Å². The third-order valence-electron chi connectivity index (χ3n) is 3.85. The molecule has 1 aliphatic heterocycles. The van der Waals surface area contributed by atoms with Crippen LogP contribution in [0.4, 0.5) is 10.2 Å². The Balaban J connectivity index is 1.61. The van der Waals surface area contributed by atoms with E-state index in [4.69, 9.17) is 23.2 Å². The van der Waals surface area contributed by atoms with E-state index in [0.29, 0.717) is 22.2 Å². The zero-order chi connectivity index (χ0) is 15.5. The molecule has 0 bridgehead atoms. The van der Waals surface area contributed by atoms with E-state index >= 15 is 0 Å². The van der Waals surface area contributed by atoms with E-state index in [1.54, 1.807) is 18.3 Å². The summed E-state index contributed by atoms with van der Waals surface area (Å²) < 4.78 is 13.8. The lowest BCUT2D eigenvalue weighted by Gasteiger charge is -2.35. The molecule has 1 fully saturated rings. The Morgan fingerprint density at radius 1 is 1.05 bits per heavy atom. The Morgan fingerprint density at radius 3 is 2.45 bits per heavy atom.